The van der Waals surface area contributed by atoms with Gasteiger partial charge in [-0.2, -0.15) is 0 Å². The van der Waals surface area contributed by atoms with E-state index in [1.807, 2.05) is 30.9 Å². The van der Waals surface area contributed by atoms with Crippen molar-refractivity contribution >= 4 is 51.3 Å². The zero-order chi connectivity index (χ0) is 41.6. The van der Waals surface area contributed by atoms with Crippen LogP contribution in [0.25, 0.3) is 10.8 Å². The number of aliphatic hydroxyl groups excluding tert-OH is 1. The molecule has 4 atom stereocenters. The molecule has 0 aliphatic carbocycles. The molecule has 2 aromatic heterocycles. The van der Waals surface area contributed by atoms with Crippen molar-refractivity contribution in [2.75, 3.05) is 54.8 Å². The lowest BCUT2D eigenvalue weighted by atomic mass is 9.76. The molecule has 7 rings (SSSR count). The van der Waals surface area contributed by atoms with Crippen molar-refractivity contribution in [1.29, 1.82) is 0 Å². The number of likely N-dealkylation sites (tertiary alicyclic amines) is 1. The number of nitrogens with one attached hydrogen (secondary N) is 3. The maximum Gasteiger partial charge on any atom is 0.229 e. The van der Waals surface area contributed by atoms with Crippen LogP contribution in [-0.2, 0) is 14.3 Å². The molecule has 0 saturated carbocycles. The maximum atomic E-state index is 15.5. The second-order valence-electron chi connectivity index (χ2n) is 16.4. The van der Waals surface area contributed by atoms with Crippen LogP contribution in [-0.4, -0.2) is 89.0 Å². The summed E-state index contributed by atoms with van der Waals surface area (Å²) >= 11 is 0. The number of aromatic nitrogens is 2. The number of rotatable bonds is 17. The van der Waals surface area contributed by atoms with E-state index in [1.54, 1.807) is 43.6 Å². The topological polar surface area (TPSA) is 149 Å². The van der Waals surface area contributed by atoms with Gasteiger partial charge in [0.1, 0.15) is 5.82 Å². The van der Waals surface area contributed by atoms with Gasteiger partial charge in [-0.3, -0.25) is 24.7 Å². The van der Waals surface area contributed by atoms with Crippen LogP contribution >= 0.6 is 0 Å². The molecule has 4 unspecified atom stereocenters. The fraction of sp³-hybridized carbons (Fsp3) is 0.489. The number of fused-ring (bicyclic) bond motifs is 1. The van der Waals surface area contributed by atoms with E-state index in [0.29, 0.717) is 52.8 Å². The van der Waals surface area contributed by atoms with Crippen molar-refractivity contribution < 1.29 is 33.0 Å². The van der Waals surface area contributed by atoms with E-state index in [-0.39, 0.29) is 48.0 Å². The Bertz CT molecular complexity index is 2140. The number of hydrogen-bond acceptors (Lipinski definition) is 11. The van der Waals surface area contributed by atoms with Gasteiger partial charge in [-0.1, -0.05) is 20.3 Å². The second kappa shape index (κ2) is 18.9. The van der Waals surface area contributed by atoms with Gasteiger partial charge in [0.2, 0.25) is 11.8 Å². The molecule has 4 N–H and O–H groups in total. The molecular weight excluding hydrogens is 757 g/mol. The Hall–Kier alpha value is -5.05. The Labute approximate surface area is 344 Å². The lowest BCUT2D eigenvalue weighted by molar-refractivity contribution is -0.137. The molecule has 3 aliphatic rings. The number of carbonyl (C=O) groups excluding carboxylic acids is 3. The molecule has 3 fully saturated rings. The summed E-state index contributed by atoms with van der Waals surface area (Å²) in [6.07, 6.45) is 9.77. The summed E-state index contributed by atoms with van der Waals surface area (Å²) in [5.74, 6) is -2.70. The van der Waals surface area contributed by atoms with Crippen molar-refractivity contribution in [3.8, 4) is 0 Å². The van der Waals surface area contributed by atoms with Crippen LogP contribution < -0.4 is 20.9 Å². The van der Waals surface area contributed by atoms with Crippen LogP contribution in [0.2, 0.25) is 0 Å². The number of unbranched alkanes of at least 4 members (excludes halogenated alkanes) is 2. The normalized spacial score (nSPS) is 19.6. The molecule has 2 amide bonds. The first-order valence-electron chi connectivity index (χ1n) is 21.0. The number of carbonyl (C=O) groups is 3. The molecule has 5 heterocycles. The average Bonchev–Trinajstić information content (AvgIpc) is 3.21. The van der Waals surface area contributed by atoms with E-state index >= 15 is 4.39 Å². The fourth-order valence-corrected chi connectivity index (χ4v) is 8.55. The number of amides is 2. The molecule has 3 aliphatic heterocycles. The third-order valence-electron chi connectivity index (χ3n) is 12.3. The standard InChI is InChI=1S/C45H55F2N7O5/c1-27(35-9-10-41(56)52-45(35)58)28(2)43(57)36-8-7-31(22-37(36)29(3)55)49-15-5-4-6-18-53-19-13-33(14-20-53)59-34-25-54(26-34)40-12-17-50-44(42(40)47)51-32-21-30-11-16-48-24-38(30)39(46)23-32/h7-8,11-12,16-17,21-24,27-29,33-35,49,55H,4-6,9-10,13-15,18-20,25-26H2,1-3H3,(H,50,51)(H,52,56,58). The molecular formula is C45H55F2N7O5. The Balaban J connectivity index is 0.786. The fourth-order valence-electron chi connectivity index (χ4n) is 8.55. The minimum absolute atomic E-state index is 0.0387. The van der Waals surface area contributed by atoms with E-state index in [9.17, 15) is 23.9 Å². The third-order valence-corrected chi connectivity index (χ3v) is 12.3. The molecule has 314 valence electrons. The highest BCUT2D eigenvalue weighted by Crippen LogP contribution is 2.34. The van der Waals surface area contributed by atoms with Crippen LogP contribution in [0.15, 0.2) is 61.1 Å². The van der Waals surface area contributed by atoms with E-state index in [0.717, 1.165) is 64.0 Å². The van der Waals surface area contributed by atoms with Crippen LogP contribution in [0, 0.1) is 29.4 Å². The van der Waals surface area contributed by atoms with Crippen molar-refractivity contribution in [1.82, 2.24) is 20.2 Å². The molecule has 12 nitrogen and oxygen atoms in total. The van der Waals surface area contributed by atoms with Crippen LogP contribution in [0.3, 0.4) is 0 Å². The van der Waals surface area contributed by atoms with Gasteiger partial charge in [-0.25, -0.2) is 13.8 Å². The molecule has 3 saturated heterocycles. The van der Waals surface area contributed by atoms with Gasteiger partial charge in [0.05, 0.1) is 24.0 Å². The van der Waals surface area contributed by atoms with Crippen LogP contribution in [0.1, 0.15) is 87.7 Å². The number of halogens is 2. The summed E-state index contributed by atoms with van der Waals surface area (Å²) in [6, 6.07) is 11.9. The number of aliphatic hydroxyl groups is 1. The molecule has 4 aromatic rings. The first-order chi connectivity index (χ1) is 28.4. The minimum Gasteiger partial charge on any atom is -0.389 e. The number of ketones is 1. The summed E-state index contributed by atoms with van der Waals surface area (Å²) in [7, 11) is 0. The zero-order valence-electron chi connectivity index (χ0n) is 34.1. The molecule has 2 aromatic carbocycles. The predicted octanol–water partition coefficient (Wildman–Crippen LogP) is 7.16. The highest BCUT2D eigenvalue weighted by Gasteiger charge is 2.37. The maximum absolute atomic E-state index is 15.5. The monoisotopic (exact) mass is 811 g/mol. The summed E-state index contributed by atoms with van der Waals surface area (Å²) in [4.78, 5) is 50.2. The van der Waals surface area contributed by atoms with Gasteiger partial charge in [0, 0.05) is 91.9 Å². The van der Waals surface area contributed by atoms with E-state index < -0.39 is 29.6 Å². The quantitative estimate of drug-likeness (QED) is 0.0489. The average molecular weight is 812 g/mol. The summed E-state index contributed by atoms with van der Waals surface area (Å²) in [5.41, 5.74) is 2.72. The van der Waals surface area contributed by atoms with Crippen LogP contribution in [0.5, 0.6) is 0 Å². The Morgan fingerprint density at radius 2 is 1.76 bits per heavy atom. The van der Waals surface area contributed by atoms with E-state index in [1.165, 1.54) is 12.3 Å². The van der Waals surface area contributed by atoms with Gasteiger partial charge in [0.25, 0.3) is 0 Å². The number of anilines is 4. The smallest absolute Gasteiger partial charge is 0.229 e. The highest BCUT2D eigenvalue weighted by atomic mass is 19.1. The molecule has 14 heteroatoms. The molecule has 59 heavy (non-hydrogen) atoms. The second-order valence-corrected chi connectivity index (χ2v) is 16.4. The number of pyridine rings is 2. The molecule has 0 radical (unpaired) electrons. The Morgan fingerprint density at radius 1 is 0.966 bits per heavy atom. The number of piperidine rings is 2. The Kier molecular flexibility index (Phi) is 13.5. The predicted molar refractivity (Wildman–Crippen MR) is 224 cm³/mol. The number of nitrogens with zero attached hydrogens (tertiary/aromatic N) is 4. The van der Waals surface area contributed by atoms with Crippen LogP contribution in [0.4, 0.5) is 31.7 Å². The van der Waals surface area contributed by atoms with E-state index in [2.05, 4.69) is 30.8 Å². The van der Waals surface area contributed by atoms with Crippen molar-refractivity contribution in [3.63, 3.8) is 0 Å². The highest BCUT2D eigenvalue weighted by molar-refractivity contribution is 6.01. The minimum atomic E-state index is -0.837. The lowest BCUT2D eigenvalue weighted by Crippen LogP contribution is -2.54. The number of imide groups is 1. The molecule has 0 bridgehead atoms. The summed E-state index contributed by atoms with van der Waals surface area (Å²) < 4.78 is 36.6. The van der Waals surface area contributed by atoms with E-state index in [4.69, 9.17) is 4.74 Å². The lowest BCUT2D eigenvalue weighted by Gasteiger charge is -2.43. The van der Waals surface area contributed by atoms with Gasteiger partial charge in [-0.05, 0) is 105 Å². The van der Waals surface area contributed by atoms with Crippen molar-refractivity contribution in [2.24, 2.45) is 17.8 Å². The number of Topliss-reactive ketones (excluding diaryl/α,β-unsaturated/α-hetero) is 1. The van der Waals surface area contributed by atoms with Gasteiger partial charge < -0.3 is 30.3 Å². The third kappa shape index (κ3) is 10.0. The Morgan fingerprint density at radius 3 is 2.53 bits per heavy atom. The van der Waals surface area contributed by atoms with Crippen molar-refractivity contribution in [2.45, 2.75) is 84.0 Å². The number of hydrogen-bond donors (Lipinski definition) is 4. The number of ether oxygens (including phenoxy) is 1. The first kappa shape index (κ1) is 42.1. The van der Waals surface area contributed by atoms with Gasteiger partial charge >= 0.3 is 0 Å². The molecule has 0 spiro atoms. The van der Waals surface area contributed by atoms with Gasteiger partial charge in [0.15, 0.2) is 17.4 Å². The SMILES string of the molecule is CC(O)c1cc(NCCCCCN2CCC(OC3CN(c4ccnc(Nc5cc(F)c6cnccc6c5)c4F)C3)CC2)ccc1C(=O)C(C)C(C)C1CCC(=O)NC1=O. The first-order valence-corrected chi connectivity index (χ1v) is 21.0. The van der Waals surface area contributed by atoms with Gasteiger partial charge in [-0.15, -0.1) is 0 Å². The summed E-state index contributed by atoms with van der Waals surface area (Å²) in [6.45, 7) is 10.3. The summed E-state index contributed by atoms with van der Waals surface area (Å²) in [5, 5.41) is 20.4. The zero-order valence-corrected chi connectivity index (χ0v) is 34.1. The number of benzene rings is 2. The largest absolute Gasteiger partial charge is 0.389 e. The van der Waals surface area contributed by atoms with Crippen molar-refractivity contribution in [3.05, 3.63) is 83.8 Å².